The van der Waals surface area contributed by atoms with Crippen LogP contribution in [0.5, 0.6) is 0 Å². The number of benzene rings is 2. The predicted molar refractivity (Wildman–Crippen MR) is 197 cm³/mol. The molecule has 0 aliphatic rings. The van der Waals surface area contributed by atoms with Gasteiger partial charge in [-0.15, -0.1) is 45.3 Å². The van der Waals surface area contributed by atoms with Gasteiger partial charge in [0, 0.05) is 21.9 Å². The first kappa shape index (κ1) is 37.2. The Kier molecular flexibility index (Phi) is 11.2. The molecule has 262 valence electrons. The van der Waals surface area contributed by atoms with Crippen LogP contribution in [0.15, 0.2) is 82.2 Å². The molecule has 0 aliphatic heterocycles. The van der Waals surface area contributed by atoms with Crippen molar-refractivity contribution >= 4 is 79.1 Å². The molecule has 0 unspecified atom stereocenters. The van der Waals surface area contributed by atoms with Gasteiger partial charge in [0.05, 0.1) is 15.3 Å². The number of hydrogen-bond acceptors (Lipinski definition) is 8. The number of carboxylic acids is 2. The first-order chi connectivity index (χ1) is 24.1. The maximum absolute atomic E-state index is 12.7. The normalized spacial score (nSPS) is 11.0. The van der Waals surface area contributed by atoms with E-state index in [-0.39, 0.29) is 27.6 Å². The van der Waals surface area contributed by atoms with Gasteiger partial charge < -0.3 is 20.8 Å². The van der Waals surface area contributed by atoms with E-state index in [2.05, 4.69) is 10.6 Å². The molecule has 8 nitrogen and oxygen atoms in total. The van der Waals surface area contributed by atoms with E-state index in [4.69, 9.17) is 0 Å². The predicted octanol–water partition coefficient (Wildman–Crippen LogP) is 10.8. The van der Waals surface area contributed by atoms with Crippen molar-refractivity contribution in [1.29, 1.82) is 0 Å². The number of rotatable bonds is 8. The topological polar surface area (TPSA) is 133 Å². The van der Waals surface area contributed by atoms with Gasteiger partial charge in [0.25, 0.3) is 11.8 Å². The van der Waals surface area contributed by atoms with Gasteiger partial charge in [-0.05, 0) is 78.1 Å². The van der Waals surface area contributed by atoms with Crippen LogP contribution in [0, 0.1) is 20.8 Å². The lowest BCUT2D eigenvalue weighted by Gasteiger charge is -2.08. The van der Waals surface area contributed by atoms with Crippen molar-refractivity contribution in [2.45, 2.75) is 26.9 Å². The van der Waals surface area contributed by atoms with E-state index in [0.29, 0.717) is 25.9 Å². The van der Waals surface area contributed by atoms with Gasteiger partial charge in [0.1, 0.15) is 21.1 Å². The number of carbonyl (C=O) groups is 4. The van der Waals surface area contributed by atoms with Gasteiger partial charge in [-0.1, -0.05) is 42.0 Å². The van der Waals surface area contributed by atoms with Crippen molar-refractivity contribution in [3.63, 3.8) is 0 Å². The standard InChI is InChI=1S/C18H12F3NO3S2.C18H15NO3S2/c1-9-6-7-26-14(9)15(23)22-16-13(17(24)25)12(8-27-16)10-2-4-11(5-3-10)18(19,20)21;1-10-3-5-12(6-4-10)13-9-24-17(14(13)18(21)22)19-16(20)15-11(2)7-8-23-15/h2-8H,1H3,(H,22,23)(H,24,25);3-9H,1-2H3,(H,19,20)(H,21,22). The van der Waals surface area contributed by atoms with E-state index in [1.807, 2.05) is 49.6 Å². The van der Waals surface area contributed by atoms with Crippen molar-refractivity contribution in [3.05, 3.63) is 125 Å². The lowest BCUT2D eigenvalue weighted by Crippen LogP contribution is -2.13. The zero-order valence-corrected chi connectivity index (χ0v) is 30.1. The fraction of sp³-hybridized carbons (Fsp3) is 0.111. The molecule has 4 N–H and O–H groups in total. The Labute approximate surface area is 305 Å². The zero-order chi connectivity index (χ0) is 37.0. The molecule has 0 aliphatic carbocycles. The van der Waals surface area contributed by atoms with E-state index < -0.39 is 29.6 Å². The number of nitrogens with one attached hydrogen (secondary N) is 2. The Bertz CT molecular complexity index is 2230. The lowest BCUT2D eigenvalue weighted by molar-refractivity contribution is -0.137. The molecule has 0 spiro atoms. The number of halogens is 3. The van der Waals surface area contributed by atoms with Gasteiger partial charge in [-0.3, -0.25) is 9.59 Å². The molecule has 0 saturated carbocycles. The van der Waals surface area contributed by atoms with Crippen LogP contribution in [0.4, 0.5) is 23.2 Å². The zero-order valence-electron chi connectivity index (χ0n) is 26.9. The number of hydrogen-bond donors (Lipinski definition) is 4. The summed E-state index contributed by atoms with van der Waals surface area (Å²) in [5.74, 6) is -3.03. The van der Waals surface area contributed by atoms with Crippen molar-refractivity contribution in [3.8, 4) is 22.3 Å². The van der Waals surface area contributed by atoms with Gasteiger partial charge in [-0.25, -0.2) is 9.59 Å². The molecular formula is C36H27F3N2O6S4. The van der Waals surface area contributed by atoms with Crippen LogP contribution < -0.4 is 10.6 Å². The van der Waals surface area contributed by atoms with Crippen LogP contribution in [-0.4, -0.2) is 34.0 Å². The maximum Gasteiger partial charge on any atom is 0.416 e. The van der Waals surface area contributed by atoms with Gasteiger partial charge in [0.15, 0.2) is 0 Å². The summed E-state index contributed by atoms with van der Waals surface area (Å²) in [5.41, 5.74) is 3.93. The molecule has 2 amide bonds. The van der Waals surface area contributed by atoms with Gasteiger partial charge >= 0.3 is 18.1 Å². The van der Waals surface area contributed by atoms with E-state index >= 15 is 0 Å². The van der Waals surface area contributed by atoms with Gasteiger partial charge in [0.2, 0.25) is 0 Å². The summed E-state index contributed by atoms with van der Waals surface area (Å²) in [7, 11) is 0. The molecule has 0 fully saturated rings. The van der Waals surface area contributed by atoms with E-state index in [0.717, 1.165) is 45.7 Å². The highest BCUT2D eigenvalue weighted by Gasteiger charge is 2.30. The van der Waals surface area contributed by atoms with E-state index in [1.54, 1.807) is 23.8 Å². The monoisotopic (exact) mass is 768 g/mol. The molecule has 0 bridgehead atoms. The summed E-state index contributed by atoms with van der Waals surface area (Å²) < 4.78 is 38.1. The number of carbonyl (C=O) groups excluding carboxylic acids is 2. The van der Waals surface area contributed by atoms with Crippen LogP contribution in [-0.2, 0) is 6.18 Å². The molecule has 4 aromatic heterocycles. The summed E-state index contributed by atoms with van der Waals surface area (Å²) in [6.07, 6.45) is -4.47. The quantitative estimate of drug-likeness (QED) is 0.122. The third-order valence-corrected chi connectivity index (χ3v) is 11.3. The minimum Gasteiger partial charge on any atom is -0.478 e. The Hall–Kier alpha value is -5.09. The second-order valence-electron chi connectivity index (χ2n) is 11.0. The van der Waals surface area contributed by atoms with Crippen LogP contribution in [0.2, 0.25) is 0 Å². The Morgan fingerprint density at radius 3 is 1.31 bits per heavy atom. The average molecular weight is 769 g/mol. The highest BCUT2D eigenvalue weighted by Crippen LogP contribution is 2.39. The third kappa shape index (κ3) is 8.45. The maximum atomic E-state index is 12.7. The number of amides is 2. The van der Waals surface area contributed by atoms with Crippen molar-refractivity contribution in [1.82, 2.24) is 0 Å². The number of anilines is 2. The second-order valence-corrected chi connectivity index (χ2v) is 14.6. The number of aromatic carboxylic acids is 2. The summed E-state index contributed by atoms with van der Waals surface area (Å²) in [4.78, 5) is 49.2. The minimum absolute atomic E-state index is 0.131. The van der Waals surface area contributed by atoms with Crippen molar-refractivity contribution in [2.75, 3.05) is 10.6 Å². The molecule has 6 rings (SSSR count). The highest BCUT2D eigenvalue weighted by molar-refractivity contribution is 7.16. The summed E-state index contributed by atoms with van der Waals surface area (Å²) in [5, 5.41) is 31.9. The average Bonchev–Trinajstić information content (AvgIpc) is 3.88. The number of alkyl halides is 3. The minimum atomic E-state index is -4.47. The van der Waals surface area contributed by atoms with Crippen molar-refractivity contribution in [2.24, 2.45) is 0 Å². The second kappa shape index (κ2) is 15.4. The fourth-order valence-electron chi connectivity index (χ4n) is 4.85. The molecular weight excluding hydrogens is 742 g/mol. The van der Waals surface area contributed by atoms with Gasteiger partial charge in [-0.2, -0.15) is 13.2 Å². The molecule has 4 heterocycles. The number of carboxylic acid groups (broad SMARTS) is 2. The SMILES string of the molecule is Cc1ccc(-c2csc(NC(=O)c3sccc3C)c2C(=O)O)cc1.Cc1ccsc1C(=O)Nc1scc(-c2ccc(C(F)(F)F)cc2)c1C(=O)O. The van der Waals surface area contributed by atoms with E-state index in [9.17, 15) is 42.6 Å². The molecule has 6 aromatic rings. The Morgan fingerprint density at radius 1 is 0.588 bits per heavy atom. The molecule has 2 aromatic carbocycles. The molecule has 51 heavy (non-hydrogen) atoms. The van der Waals surface area contributed by atoms with Crippen LogP contribution in [0.25, 0.3) is 22.3 Å². The molecule has 0 atom stereocenters. The van der Waals surface area contributed by atoms with Crippen LogP contribution in [0.3, 0.4) is 0 Å². The van der Waals surface area contributed by atoms with E-state index in [1.165, 1.54) is 51.5 Å². The summed E-state index contributed by atoms with van der Waals surface area (Å²) in [6, 6.07) is 15.5. The largest absolute Gasteiger partial charge is 0.478 e. The third-order valence-electron chi connectivity index (χ3n) is 7.49. The highest BCUT2D eigenvalue weighted by atomic mass is 32.1. The molecule has 15 heteroatoms. The fourth-order valence-corrected chi connectivity index (χ4v) is 8.40. The smallest absolute Gasteiger partial charge is 0.416 e. The number of thiophene rings is 4. The molecule has 0 saturated heterocycles. The molecule has 0 radical (unpaired) electrons. The number of aryl methyl sites for hydroxylation is 3. The first-order valence-corrected chi connectivity index (χ1v) is 18.3. The first-order valence-electron chi connectivity index (χ1n) is 14.8. The summed E-state index contributed by atoms with van der Waals surface area (Å²) in [6.45, 7) is 5.60. The lowest BCUT2D eigenvalue weighted by atomic mass is 10.0. The summed E-state index contributed by atoms with van der Waals surface area (Å²) >= 11 is 4.81. The van der Waals surface area contributed by atoms with Crippen LogP contribution in [0.1, 0.15) is 62.3 Å². The Balaban J connectivity index is 0.000000199. The van der Waals surface area contributed by atoms with Crippen LogP contribution >= 0.6 is 45.3 Å². The van der Waals surface area contributed by atoms with Crippen molar-refractivity contribution < 1.29 is 42.6 Å². The Morgan fingerprint density at radius 2 is 0.980 bits per heavy atom.